The molecule has 0 bridgehead atoms. The molecule has 2 amide bonds. The summed E-state index contributed by atoms with van der Waals surface area (Å²) in [4.78, 5) is 25.2. The van der Waals surface area contributed by atoms with Crippen molar-refractivity contribution in [1.29, 1.82) is 0 Å². The van der Waals surface area contributed by atoms with Gasteiger partial charge in [-0.2, -0.15) is 8.42 Å². The van der Waals surface area contributed by atoms with E-state index in [1.54, 1.807) is 19.1 Å². The molecule has 152 valence electrons. The largest absolute Gasteiger partial charge is 0.465 e. The molecule has 0 spiro atoms. The molecule has 0 aliphatic carbocycles. The van der Waals surface area contributed by atoms with Crippen molar-refractivity contribution in [2.24, 2.45) is 0 Å². The van der Waals surface area contributed by atoms with Crippen molar-refractivity contribution in [2.45, 2.75) is 20.4 Å². The van der Waals surface area contributed by atoms with Crippen LogP contribution in [0.5, 0.6) is 5.75 Å². The Bertz CT molecular complexity index is 704. The zero-order chi connectivity index (χ0) is 20.3. The molecule has 0 fully saturated rings. The third-order valence-corrected chi connectivity index (χ3v) is 4.57. The number of nitrogens with one attached hydrogen (secondary N) is 1. The molecular weight excluding hydrogens is 376 g/mol. The van der Waals surface area contributed by atoms with Gasteiger partial charge in [0.2, 0.25) is 0 Å². The molecule has 0 radical (unpaired) electrons. The minimum atomic E-state index is -3.59. The number of nitrogens with zero attached hydrogens (tertiary/aromatic N) is 1. The van der Waals surface area contributed by atoms with E-state index in [0.717, 1.165) is 5.56 Å². The van der Waals surface area contributed by atoms with Crippen LogP contribution in [0.25, 0.3) is 0 Å². The summed E-state index contributed by atoms with van der Waals surface area (Å²) >= 11 is 0. The molecule has 0 aromatic heterocycles. The fraction of sp³-hybridized carbons (Fsp3) is 0.529. The number of amides is 2. The number of ether oxygens (including phenoxy) is 2. The SMILES string of the molecule is CCOC(=O)CNC(=O)N(CCOC)Cc1ccc(OS(=O)(=O)CC)cc1. The highest BCUT2D eigenvalue weighted by Crippen LogP contribution is 2.16. The molecule has 0 atom stereocenters. The van der Waals surface area contributed by atoms with E-state index < -0.39 is 22.1 Å². The summed E-state index contributed by atoms with van der Waals surface area (Å²) < 4.78 is 37.7. The van der Waals surface area contributed by atoms with Gasteiger partial charge in [0.15, 0.2) is 0 Å². The second kappa shape index (κ2) is 11.4. The highest BCUT2D eigenvalue weighted by atomic mass is 32.2. The fourth-order valence-corrected chi connectivity index (χ4v) is 2.52. The molecule has 0 saturated heterocycles. The Morgan fingerprint density at radius 2 is 1.81 bits per heavy atom. The molecule has 0 aliphatic heterocycles. The summed E-state index contributed by atoms with van der Waals surface area (Å²) in [6.07, 6.45) is 0. The molecule has 0 unspecified atom stereocenters. The van der Waals surface area contributed by atoms with E-state index in [0.29, 0.717) is 13.2 Å². The first-order valence-corrected chi connectivity index (χ1v) is 10.1. The van der Waals surface area contributed by atoms with Crippen molar-refractivity contribution in [3.8, 4) is 5.75 Å². The van der Waals surface area contributed by atoms with Crippen LogP contribution in [0.3, 0.4) is 0 Å². The Kier molecular flexibility index (Phi) is 9.59. The van der Waals surface area contributed by atoms with E-state index in [1.807, 2.05) is 0 Å². The number of esters is 1. The number of rotatable bonds is 11. The van der Waals surface area contributed by atoms with Gasteiger partial charge in [0, 0.05) is 20.2 Å². The highest BCUT2D eigenvalue weighted by molar-refractivity contribution is 7.87. The molecule has 0 saturated carbocycles. The average Bonchev–Trinajstić information content (AvgIpc) is 2.64. The van der Waals surface area contributed by atoms with Crippen molar-refractivity contribution >= 4 is 22.1 Å². The monoisotopic (exact) mass is 402 g/mol. The molecule has 0 aliphatic rings. The maximum Gasteiger partial charge on any atom is 0.325 e. The van der Waals surface area contributed by atoms with Gasteiger partial charge >= 0.3 is 22.1 Å². The zero-order valence-corrected chi connectivity index (χ0v) is 16.6. The Balaban J connectivity index is 2.72. The quantitative estimate of drug-likeness (QED) is 0.436. The van der Waals surface area contributed by atoms with Crippen molar-refractivity contribution in [1.82, 2.24) is 10.2 Å². The van der Waals surface area contributed by atoms with Gasteiger partial charge in [-0.1, -0.05) is 12.1 Å². The first kappa shape index (κ1) is 22.7. The summed E-state index contributed by atoms with van der Waals surface area (Å²) in [5.74, 6) is -0.438. The highest BCUT2D eigenvalue weighted by Gasteiger charge is 2.16. The van der Waals surface area contributed by atoms with Gasteiger partial charge in [0.05, 0.1) is 19.0 Å². The molecule has 1 N–H and O–H groups in total. The van der Waals surface area contributed by atoms with Crippen molar-refractivity contribution in [2.75, 3.05) is 39.2 Å². The number of hydrogen-bond donors (Lipinski definition) is 1. The maximum atomic E-state index is 12.3. The molecule has 10 heteroatoms. The van der Waals surface area contributed by atoms with Crippen LogP contribution in [-0.4, -0.2) is 64.5 Å². The van der Waals surface area contributed by atoms with Gasteiger partial charge in [0.25, 0.3) is 0 Å². The Labute approximate surface area is 159 Å². The van der Waals surface area contributed by atoms with Gasteiger partial charge in [-0.15, -0.1) is 0 Å². The van der Waals surface area contributed by atoms with Crippen molar-refractivity contribution in [3.63, 3.8) is 0 Å². The molecular formula is C17H26N2O7S. The molecule has 1 aromatic rings. The van der Waals surface area contributed by atoms with Gasteiger partial charge in [0.1, 0.15) is 12.3 Å². The number of hydrogen-bond acceptors (Lipinski definition) is 7. The lowest BCUT2D eigenvalue weighted by Gasteiger charge is -2.23. The second-order valence-corrected chi connectivity index (χ2v) is 7.31. The van der Waals surface area contributed by atoms with Gasteiger partial charge in [-0.3, -0.25) is 4.79 Å². The third kappa shape index (κ3) is 8.74. The second-order valence-electron chi connectivity index (χ2n) is 5.45. The number of carbonyl (C=O) groups excluding carboxylic acids is 2. The molecule has 0 heterocycles. The molecule has 1 rings (SSSR count). The number of urea groups is 1. The standard InChI is InChI=1S/C17H26N2O7S/c1-4-25-16(20)12-18-17(21)19(10-11-24-3)13-14-6-8-15(9-7-14)26-27(22,23)5-2/h6-9H,4-5,10-13H2,1-3H3,(H,18,21). The molecule has 27 heavy (non-hydrogen) atoms. The number of carbonyl (C=O) groups is 2. The van der Waals surface area contributed by atoms with Crippen LogP contribution in [0.1, 0.15) is 19.4 Å². The summed E-state index contributed by atoms with van der Waals surface area (Å²) in [5, 5.41) is 2.50. The van der Waals surface area contributed by atoms with Gasteiger partial charge in [-0.05, 0) is 31.5 Å². The average molecular weight is 402 g/mol. The van der Waals surface area contributed by atoms with E-state index >= 15 is 0 Å². The van der Waals surface area contributed by atoms with Crippen LogP contribution >= 0.6 is 0 Å². The summed E-state index contributed by atoms with van der Waals surface area (Å²) in [6.45, 7) is 4.08. The topological polar surface area (TPSA) is 111 Å². The predicted octanol–water partition coefficient (Wildman–Crippen LogP) is 1.14. The van der Waals surface area contributed by atoms with E-state index in [4.69, 9.17) is 13.7 Å². The normalized spacial score (nSPS) is 10.9. The lowest BCUT2D eigenvalue weighted by Crippen LogP contribution is -2.43. The van der Waals surface area contributed by atoms with Crippen molar-refractivity contribution in [3.05, 3.63) is 29.8 Å². The number of benzene rings is 1. The van der Waals surface area contributed by atoms with Crippen LogP contribution in [0, 0.1) is 0 Å². The third-order valence-electron chi connectivity index (χ3n) is 3.42. The van der Waals surface area contributed by atoms with Crippen molar-refractivity contribution < 1.29 is 31.7 Å². The van der Waals surface area contributed by atoms with E-state index in [-0.39, 0.29) is 31.2 Å². The van der Waals surface area contributed by atoms with Crippen LogP contribution in [0.15, 0.2) is 24.3 Å². The minimum Gasteiger partial charge on any atom is -0.465 e. The predicted molar refractivity (Wildman–Crippen MR) is 98.8 cm³/mol. The van der Waals surface area contributed by atoms with Crippen LogP contribution in [0.4, 0.5) is 4.79 Å². The first-order chi connectivity index (χ1) is 12.8. The van der Waals surface area contributed by atoms with Gasteiger partial charge in [-0.25, -0.2) is 4.79 Å². The molecule has 1 aromatic carbocycles. The lowest BCUT2D eigenvalue weighted by atomic mass is 10.2. The Morgan fingerprint density at radius 1 is 1.15 bits per heavy atom. The minimum absolute atomic E-state index is 0.125. The Hall–Kier alpha value is -2.33. The maximum absolute atomic E-state index is 12.3. The fourth-order valence-electron chi connectivity index (χ4n) is 2.00. The lowest BCUT2D eigenvalue weighted by molar-refractivity contribution is -0.141. The summed E-state index contributed by atoms with van der Waals surface area (Å²) in [5.41, 5.74) is 0.763. The first-order valence-electron chi connectivity index (χ1n) is 8.49. The van der Waals surface area contributed by atoms with Crippen LogP contribution in [0.2, 0.25) is 0 Å². The van der Waals surface area contributed by atoms with Gasteiger partial charge < -0.3 is 23.9 Å². The smallest absolute Gasteiger partial charge is 0.325 e. The van der Waals surface area contributed by atoms with Crippen LogP contribution < -0.4 is 9.50 Å². The summed E-state index contributed by atoms with van der Waals surface area (Å²) in [6, 6.07) is 5.94. The van der Waals surface area contributed by atoms with E-state index in [2.05, 4.69) is 5.32 Å². The van der Waals surface area contributed by atoms with E-state index in [1.165, 1.54) is 31.1 Å². The van der Waals surface area contributed by atoms with E-state index in [9.17, 15) is 18.0 Å². The van der Waals surface area contributed by atoms with Crippen LogP contribution in [-0.2, 0) is 30.9 Å². The zero-order valence-electron chi connectivity index (χ0n) is 15.8. The number of methoxy groups -OCH3 is 1. The molecule has 9 nitrogen and oxygen atoms in total. The summed E-state index contributed by atoms with van der Waals surface area (Å²) in [7, 11) is -2.07. The Morgan fingerprint density at radius 3 is 2.37 bits per heavy atom.